The van der Waals surface area contributed by atoms with Gasteiger partial charge >= 0.3 is 0 Å². The summed E-state index contributed by atoms with van der Waals surface area (Å²) in [6.45, 7) is 2.01. The monoisotopic (exact) mass is 281 g/mol. The molecular weight excluding hydrogens is 266 g/mol. The van der Waals surface area contributed by atoms with Gasteiger partial charge < -0.3 is 4.74 Å². The molecule has 0 unspecified atom stereocenters. The van der Waals surface area contributed by atoms with Gasteiger partial charge in [0.05, 0.1) is 7.11 Å². The average molecular weight is 281 g/mol. The highest BCUT2D eigenvalue weighted by Gasteiger charge is 1.98. The maximum atomic E-state index is 5.24. The predicted octanol–water partition coefficient (Wildman–Crippen LogP) is 4.78. The van der Waals surface area contributed by atoms with E-state index in [1.807, 2.05) is 19.1 Å². The molecule has 3 rings (SSSR count). The Morgan fingerprint density at radius 1 is 1.05 bits per heavy atom. The Morgan fingerprint density at radius 2 is 1.85 bits per heavy atom. The maximum Gasteiger partial charge on any atom is 0.119 e. The quantitative estimate of drug-likeness (QED) is 0.689. The van der Waals surface area contributed by atoms with Crippen LogP contribution in [0.1, 0.15) is 16.3 Å². The molecule has 0 aliphatic rings. The predicted molar refractivity (Wildman–Crippen MR) is 86.3 cm³/mol. The first-order chi connectivity index (χ1) is 9.74. The van der Waals surface area contributed by atoms with Crippen LogP contribution in [0.4, 0.5) is 0 Å². The molecule has 2 nitrogen and oxygen atoms in total. The molecule has 100 valence electrons. The Labute approximate surface area is 122 Å². The molecule has 0 aliphatic heterocycles. The van der Waals surface area contributed by atoms with Gasteiger partial charge in [0, 0.05) is 11.1 Å². The van der Waals surface area contributed by atoms with Crippen molar-refractivity contribution in [1.82, 2.24) is 4.98 Å². The van der Waals surface area contributed by atoms with E-state index in [2.05, 4.69) is 46.8 Å². The van der Waals surface area contributed by atoms with Crippen molar-refractivity contribution in [1.29, 1.82) is 0 Å². The molecule has 3 aromatic rings. The van der Waals surface area contributed by atoms with Crippen molar-refractivity contribution < 1.29 is 4.74 Å². The number of hydrogen-bond acceptors (Lipinski definition) is 3. The van der Waals surface area contributed by atoms with Crippen molar-refractivity contribution in [3.63, 3.8) is 0 Å². The van der Waals surface area contributed by atoms with E-state index in [4.69, 9.17) is 4.74 Å². The average Bonchev–Trinajstić information content (AvgIpc) is 2.90. The van der Waals surface area contributed by atoms with Crippen LogP contribution < -0.4 is 4.74 Å². The van der Waals surface area contributed by atoms with Crippen molar-refractivity contribution in [2.24, 2.45) is 0 Å². The third-order valence-corrected chi connectivity index (χ3v) is 4.05. The van der Waals surface area contributed by atoms with E-state index in [1.165, 1.54) is 16.3 Å². The lowest BCUT2D eigenvalue weighted by Gasteiger charge is -2.03. The second-order valence-electron chi connectivity index (χ2n) is 4.63. The Morgan fingerprint density at radius 3 is 2.60 bits per heavy atom. The molecule has 1 heterocycles. The lowest BCUT2D eigenvalue weighted by Crippen LogP contribution is -1.82. The fourth-order valence-electron chi connectivity index (χ4n) is 2.09. The van der Waals surface area contributed by atoms with Gasteiger partial charge in [-0.3, -0.25) is 0 Å². The van der Waals surface area contributed by atoms with Gasteiger partial charge in [-0.1, -0.05) is 24.3 Å². The molecule has 3 heteroatoms. The molecule has 0 saturated heterocycles. The van der Waals surface area contributed by atoms with E-state index in [0.29, 0.717) is 0 Å². The molecule has 0 spiro atoms. The molecule has 0 radical (unpaired) electrons. The van der Waals surface area contributed by atoms with Crippen LogP contribution >= 0.6 is 11.3 Å². The first kappa shape index (κ1) is 12.9. The van der Waals surface area contributed by atoms with Crippen LogP contribution in [-0.4, -0.2) is 12.1 Å². The zero-order valence-electron chi connectivity index (χ0n) is 11.5. The number of nitrogens with zero attached hydrogens (tertiary/aromatic N) is 1. The van der Waals surface area contributed by atoms with Crippen LogP contribution in [0.3, 0.4) is 0 Å². The van der Waals surface area contributed by atoms with E-state index in [1.54, 1.807) is 18.4 Å². The topological polar surface area (TPSA) is 22.1 Å². The summed E-state index contributed by atoms with van der Waals surface area (Å²) in [5.41, 5.74) is 2.25. The van der Waals surface area contributed by atoms with Crippen molar-refractivity contribution in [3.8, 4) is 5.75 Å². The number of rotatable bonds is 3. The molecule has 20 heavy (non-hydrogen) atoms. The number of aromatic nitrogens is 1. The van der Waals surface area contributed by atoms with Crippen LogP contribution in [0.5, 0.6) is 5.75 Å². The van der Waals surface area contributed by atoms with Gasteiger partial charge in [-0.05, 0) is 47.5 Å². The number of fused-ring (bicyclic) bond motifs is 1. The zero-order chi connectivity index (χ0) is 13.9. The SMILES string of the molecule is COc1ccc2cc(/C=C/c3nc(C)cs3)ccc2c1. The van der Waals surface area contributed by atoms with Crippen LogP contribution in [0, 0.1) is 6.92 Å². The molecule has 0 bridgehead atoms. The van der Waals surface area contributed by atoms with Gasteiger partial charge in [0.15, 0.2) is 0 Å². The second kappa shape index (κ2) is 5.47. The van der Waals surface area contributed by atoms with Crippen LogP contribution in [0.15, 0.2) is 41.8 Å². The van der Waals surface area contributed by atoms with E-state index >= 15 is 0 Å². The summed E-state index contributed by atoms with van der Waals surface area (Å²) in [6, 6.07) is 12.5. The summed E-state index contributed by atoms with van der Waals surface area (Å²) in [4.78, 5) is 4.43. The fraction of sp³-hybridized carbons (Fsp3) is 0.118. The van der Waals surface area contributed by atoms with Crippen LogP contribution in [0.2, 0.25) is 0 Å². The molecule has 0 fully saturated rings. The van der Waals surface area contributed by atoms with E-state index in [9.17, 15) is 0 Å². The molecule has 1 aromatic heterocycles. The normalized spacial score (nSPS) is 11.3. The third kappa shape index (κ3) is 2.73. The Kier molecular flexibility index (Phi) is 3.52. The van der Waals surface area contributed by atoms with E-state index < -0.39 is 0 Å². The molecule has 0 aliphatic carbocycles. The lowest BCUT2D eigenvalue weighted by molar-refractivity contribution is 0.415. The molecule has 0 atom stereocenters. The molecular formula is C17H15NOS. The van der Waals surface area contributed by atoms with Gasteiger partial charge in [-0.2, -0.15) is 0 Å². The van der Waals surface area contributed by atoms with Gasteiger partial charge in [-0.15, -0.1) is 11.3 Å². The van der Waals surface area contributed by atoms with Gasteiger partial charge in [0.2, 0.25) is 0 Å². The minimum absolute atomic E-state index is 0.888. The standard InChI is InChI=1S/C17H15NOS/c1-12-11-20-17(18-12)8-4-13-3-5-15-10-16(19-2)7-6-14(15)9-13/h3-11H,1-2H3/b8-4+. The summed E-state index contributed by atoms with van der Waals surface area (Å²) in [5, 5.41) is 5.50. The Hall–Kier alpha value is -2.13. The highest BCUT2D eigenvalue weighted by atomic mass is 32.1. The van der Waals surface area contributed by atoms with Gasteiger partial charge in [0.1, 0.15) is 10.8 Å². The largest absolute Gasteiger partial charge is 0.497 e. The highest BCUT2D eigenvalue weighted by molar-refractivity contribution is 7.10. The highest BCUT2D eigenvalue weighted by Crippen LogP contribution is 2.23. The first-order valence-electron chi connectivity index (χ1n) is 6.42. The van der Waals surface area contributed by atoms with E-state index in [-0.39, 0.29) is 0 Å². The molecule has 0 amide bonds. The van der Waals surface area contributed by atoms with Gasteiger partial charge in [0.25, 0.3) is 0 Å². The number of aryl methyl sites for hydroxylation is 1. The minimum Gasteiger partial charge on any atom is -0.497 e. The first-order valence-corrected chi connectivity index (χ1v) is 7.30. The van der Waals surface area contributed by atoms with Gasteiger partial charge in [-0.25, -0.2) is 4.98 Å². The summed E-state index contributed by atoms with van der Waals surface area (Å²) in [6.07, 6.45) is 4.16. The fourth-order valence-corrected chi connectivity index (χ4v) is 2.78. The molecule has 2 aromatic carbocycles. The summed E-state index contributed by atoms with van der Waals surface area (Å²) >= 11 is 1.66. The number of methoxy groups -OCH3 is 1. The van der Waals surface area contributed by atoms with E-state index in [0.717, 1.165) is 16.5 Å². The summed E-state index contributed by atoms with van der Waals surface area (Å²) in [5.74, 6) is 0.888. The van der Waals surface area contributed by atoms with Crippen molar-refractivity contribution in [2.45, 2.75) is 6.92 Å². The van der Waals surface area contributed by atoms with Crippen LogP contribution in [0.25, 0.3) is 22.9 Å². The molecule has 0 N–H and O–H groups in total. The Bertz CT molecular complexity index is 774. The van der Waals surface area contributed by atoms with Crippen LogP contribution in [-0.2, 0) is 0 Å². The summed E-state index contributed by atoms with van der Waals surface area (Å²) < 4.78 is 5.24. The number of hydrogen-bond donors (Lipinski definition) is 0. The smallest absolute Gasteiger partial charge is 0.119 e. The molecule has 0 saturated carbocycles. The summed E-state index contributed by atoms with van der Waals surface area (Å²) in [7, 11) is 1.69. The zero-order valence-corrected chi connectivity index (χ0v) is 12.3. The third-order valence-electron chi connectivity index (χ3n) is 3.13. The van der Waals surface area contributed by atoms with Crippen molar-refractivity contribution >= 4 is 34.3 Å². The number of ether oxygens (including phenoxy) is 1. The number of benzene rings is 2. The minimum atomic E-state index is 0.888. The Balaban J connectivity index is 1.91. The maximum absolute atomic E-state index is 5.24. The second-order valence-corrected chi connectivity index (χ2v) is 5.52. The van der Waals surface area contributed by atoms with Crippen molar-refractivity contribution in [2.75, 3.05) is 7.11 Å². The number of thiazole rings is 1. The van der Waals surface area contributed by atoms with Crippen molar-refractivity contribution in [3.05, 3.63) is 58.0 Å². The lowest BCUT2D eigenvalue weighted by atomic mass is 10.1.